The minimum Gasteiger partial charge on any atom is -0.332 e. The van der Waals surface area contributed by atoms with Crippen molar-refractivity contribution in [1.82, 2.24) is 5.32 Å². The highest BCUT2D eigenvalue weighted by atomic mass is 35.5. The first-order chi connectivity index (χ1) is 9.56. The molecule has 0 atom stereocenters. The van der Waals surface area contributed by atoms with Gasteiger partial charge >= 0.3 is 6.18 Å². The van der Waals surface area contributed by atoms with Gasteiger partial charge in [0.1, 0.15) is 0 Å². The summed E-state index contributed by atoms with van der Waals surface area (Å²) in [5, 5.41) is 1.94. The van der Waals surface area contributed by atoms with Gasteiger partial charge in [0.15, 0.2) is 0 Å². The van der Waals surface area contributed by atoms with Crippen LogP contribution in [0.2, 0.25) is 0 Å². The summed E-state index contributed by atoms with van der Waals surface area (Å²) >= 11 is 5.65. The van der Waals surface area contributed by atoms with E-state index in [2.05, 4.69) is 5.32 Å². The van der Waals surface area contributed by atoms with E-state index in [1.165, 1.54) is 12.2 Å². The van der Waals surface area contributed by atoms with Crippen molar-refractivity contribution in [2.24, 2.45) is 5.41 Å². The van der Waals surface area contributed by atoms with Crippen LogP contribution in [-0.2, 0) is 4.79 Å². The fourth-order valence-corrected chi connectivity index (χ4v) is 1.44. The molecule has 0 unspecified atom stereocenters. The first kappa shape index (κ1) is 19.8. The minimum absolute atomic E-state index is 0.344. The predicted octanol–water partition coefficient (Wildman–Crippen LogP) is 5.07. The molecule has 0 spiro atoms. The van der Waals surface area contributed by atoms with Gasteiger partial charge in [-0.25, -0.2) is 0 Å². The summed E-state index contributed by atoms with van der Waals surface area (Å²) in [7, 11) is 0. The van der Waals surface area contributed by atoms with Crippen LogP contribution in [0.15, 0.2) is 35.0 Å². The highest BCUT2D eigenvalue weighted by Crippen LogP contribution is 2.31. The maximum atomic E-state index is 12.9. The van der Waals surface area contributed by atoms with Gasteiger partial charge in [0.05, 0.1) is 10.6 Å². The van der Waals surface area contributed by atoms with E-state index in [9.17, 15) is 18.0 Å². The fraction of sp³-hybridized carbons (Fsp3) is 0.533. The van der Waals surface area contributed by atoms with Crippen LogP contribution in [0.25, 0.3) is 0 Å². The zero-order valence-electron chi connectivity index (χ0n) is 12.6. The number of carbonyl (C=O) groups excluding carboxylic acids is 1. The number of hydrogen-bond donors (Lipinski definition) is 1. The van der Waals surface area contributed by atoms with Gasteiger partial charge in [-0.3, -0.25) is 4.79 Å². The normalized spacial score (nSPS) is 14.7. The van der Waals surface area contributed by atoms with Crippen LogP contribution in [0.5, 0.6) is 0 Å². The molecular formula is C15H21ClF3NO. The van der Waals surface area contributed by atoms with Crippen LogP contribution >= 0.6 is 11.6 Å². The van der Waals surface area contributed by atoms with Gasteiger partial charge in [0, 0.05) is 11.6 Å². The second-order valence-corrected chi connectivity index (χ2v) is 5.52. The molecule has 0 saturated heterocycles. The van der Waals surface area contributed by atoms with E-state index in [0.29, 0.717) is 12.8 Å². The molecule has 2 nitrogen and oxygen atoms in total. The van der Waals surface area contributed by atoms with Crippen molar-refractivity contribution in [1.29, 1.82) is 0 Å². The molecule has 0 bridgehead atoms. The molecule has 1 amide bonds. The van der Waals surface area contributed by atoms with Crippen LogP contribution in [-0.4, -0.2) is 12.1 Å². The van der Waals surface area contributed by atoms with E-state index >= 15 is 0 Å². The van der Waals surface area contributed by atoms with Crippen molar-refractivity contribution >= 4 is 17.5 Å². The summed E-state index contributed by atoms with van der Waals surface area (Å²) in [6, 6.07) is 0. The van der Waals surface area contributed by atoms with Crippen molar-refractivity contribution in [3.8, 4) is 0 Å². The van der Waals surface area contributed by atoms with E-state index in [0.717, 1.165) is 12.3 Å². The van der Waals surface area contributed by atoms with E-state index in [-0.39, 0.29) is 5.91 Å². The molecule has 0 aromatic rings. The average molecular weight is 324 g/mol. The van der Waals surface area contributed by atoms with Gasteiger partial charge in [0.25, 0.3) is 0 Å². The summed E-state index contributed by atoms with van der Waals surface area (Å²) in [5.74, 6) is -0.344. The number of rotatable bonds is 6. The summed E-state index contributed by atoms with van der Waals surface area (Å²) in [5.41, 5.74) is -1.64. The second kappa shape index (κ2) is 8.27. The molecule has 0 aromatic heterocycles. The lowest BCUT2D eigenvalue weighted by molar-refractivity contribution is -0.128. The van der Waals surface area contributed by atoms with Gasteiger partial charge in [-0.15, -0.1) is 0 Å². The van der Waals surface area contributed by atoms with Gasteiger partial charge in [0.2, 0.25) is 5.91 Å². The highest BCUT2D eigenvalue weighted by molar-refractivity contribution is 6.31. The topological polar surface area (TPSA) is 29.1 Å². The molecule has 120 valence electrons. The number of alkyl halides is 3. The summed E-state index contributed by atoms with van der Waals surface area (Å²) < 4.78 is 38.6. The Morgan fingerprint density at radius 2 is 1.76 bits per heavy atom. The number of hydrogen-bond acceptors (Lipinski definition) is 1. The molecule has 0 radical (unpaired) electrons. The first-order valence-electron chi connectivity index (χ1n) is 6.67. The van der Waals surface area contributed by atoms with Gasteiger partial charge in [-0.2, -0.15) is 13.2 Å². The van der Waals surface area contributed by atoms with Crippen molar-refractivity contribution < 1.29 is 18.0 Å². The van der Waals surface area contributed by atoms with E-state index in [1.54, 1.807) is 20.8 Å². The SMILES string of the molecule is CC\C=C/C(Cl)=C(\C=C\NC(=O)C(C)(C)CC)C(F)(F)F. The van der Waals surface area contributed by atoms with Crippen molar-refractivity contribution in [2.75, 3.05) is 0 Å². The highest BCUT2D eigenvalue weighted by Gasteiger charge is 2.34. The van der Waals surface area contributed by atoms with E-state index in [4.69, 9.17) is 11.6 Å². The average Bonchev–Trinajstić information content (AvgIpc) is 2.39. The first-order valence-corrected chi connectivity index (χ1v) is 7.05. The zero-order chi connectivity index (χ0) is 16.7. The third-order valence-corrected chi connectivity index (χ3v) is 3.36. The Balaban J connectivity index is 5.15. The van der Waals surface area contributed by atoms with Crippen molar-refractivity contribution in [3.63, 3.8) is 0 Å². The Hall–Kier alpha value is -1.23. The Morgan fingerprint density at radius 3 is 2.19 bits per heavy atom. The summed E-state index contributed by atoms with van der Waals surface area (Å²) in [6.45, 7) is 7.05. The molecule has 0 aromatic carbocycles. The van der Waals surface area contributed by atoms with Crippen LogP contribution < -0.4 is 5.32 Å². The summed E-state index contributed by atoms with van der Waals surface area (Å²) in [4.78, 5) is 11.8. The van der Waals surface area contributed by atoms with Crippen LogP contribution in [0.4, 0.5) is 13.2 Å². The number of amides is 1. The maximum absolute atomic E-state index is 12.9. The van der Waals surface area contributed by atoms with Crippen LogP contribution in [0, 0.1) is 5.41 Å². The standard InChI is InChI=1S/C15H21ClF3NO/c1-5-7-8-12(16)11(15(17,18)19)9-10-20-13(21)14(3,4)6-2/h7-10H,5-6H2,1-4H3,(H,20,21)/b8-7-,10-9+,12-11-. The Labute approximate surface area is 128 Å². The lowest BCUT2D eigenvalue weighted by Crippen LogP contribution is -2.33. The molecule has 0 aliphatic heterocycles. The fourth-order valence-electron chi connectivity index (χ4n) is 1.18. The quantitative estimate of drug-likeness (QED) is 0.679. The predicted molar refractivity (Wildman–Crippen MR) is 79.7 cm³/mol. The minimum atomic E-state index is -4.59. The lowest BCUT2D eigenvalue weighted by Gasteiger charge is -2.20. The number of halogens is 4. The molecular weight excluding hydrogens is 303 g/mol. The van der Waals surface area contributed by atoms with E-state index < -0.39 is 22.2 Å². The Morgan fingerprint density at radius 1 is 1.19 bits per heavy atom. The van der Waals surface area contributed by atoms with Crippen molar-refractivity contribution in [2.45, 2.75) is 46.7 Å². The molecule has 0 fully saturated rings. The zero-order valence-corrected chi connectivity index (χ0v) is 13.4. The smallest absolute Gasteiger partial charge is 0.332 e. The Bertz CT molecular complexity index is 448. The van der Waals surface area contributed by atoms with E-state index in [1.807, 2.05) is 6.92 Å². The molecule has 0 saturated carbocycles. The maximum Gasteiger partial charge on any atom is 0.417 e. The summed E-state index contributed by atoms with van der Waals surface area (Å²) in [6.07, 6.45) is 1.04. The molecule has 0 aliphatic rings. The number of carbonyl (C=O) groups is 1. The van der Waals surface area contributed by atoms with Crippen LogP contribution in [0.3, 0.4) is 0 Å². The molecule has 6 heteroatoms. The molecule has 0 rings (SSSR count). The van der Waals surface area contributed by atoms with Gasteiger partial charge in [-0.1, -0.05) is 45.4 Å². The Kier molecular flexibility index (Phi) is 7.79. The van der Waals surface area contributed by atoms with Crippen LogP contribution in [0.1, 0.15) is 40.5 Å². The third-order valence-electron chi connectivity index (χ3n) is 3.03. The lowest BCUT2D eigenvalue weighted by atomic mass is 9.89. The van der Waals surface area contributed by atoms with Crippen molar-refractivity contribution in [3.05, 3.63) is 35.0 Å². The third kappa shape index (κ3) is 6.85. The van der Waals surface area contributed by atoms with Gasteiger partial charge in [-0.05, 0) is 25.0 Å². The molecule has 0 heterocycles. The largest absolute Gasteiger partial charge is 0.417 e. The molecule has 21 heavy (non-hydrogen) atoms. The second-order valence-electron chi connectivity index (χ2n) is 5.11. The number of nitrogens with one attached hydrogen (secondary N) is 1. The molecule has 0 aliphatic carbocycles. The van der Waals surface area contributed by atoms with Gasteiger partial charge < -0.3 is 5.32 Å². The number of allylic oxidation sites excluding steroid dienone is 5. The monoisotopic (exact) mass is 323 g/mol. The molecule has 1 N–H and O–H groups in total.